The van der Waals surface area contributed by atoms with E-state index in [9.17, 15) is 13.2 Å². The number of nitrogens with zero attached hydrogens (tertiary/aromatic N) is 1. The Labute approximate surface area is 99.8 Å². The van der Waals surface area contributed by atoms with Crippen molar-refractivity contribution in [2.24, 2.45) is 5.73 Å². The van der Waals surface area contributed by atoms with Gasteiger partial charge in [0.2, 0.25) is 0 Å². The molecule has 0 amide bonds. The summed E-state index contributed by atoms with van der Waals surface area (Å²) >= 11 is 0. The van der Waals surface area contributed by atoms with Crippen LogP contribution in [0.2, 0.25) is 0 Å². The summed E-state index contributed by atoms with van der Waals surface area (Å²) < 4.78 is 37.3. The van der Waals surface area contributed by atoms with E-state index < -0.39 is 18.3 Å². The molecule has 0 aromatic carbocycles. The molecule has 0 spiro atoms. The molecule has 0 saturated heterocycles. The van der Waals surface area contributed by atoms with E-state index >= 15 is 0 Å². The van der Waals surface area contributed by atoms with Gasteiger partial charge < -0.3 is 10.8 Å². The summed E-state index contributed by atoms with van der Waals surface area (Å²) in [5.74, 6) is 0. The second kappa shape index (κ2) is 5.54. The molecule has 1 rings (SSSR count). The molecule has 1 aliphatic rings. The van der Waals surface area contributed by atoms with E-state index in [0.717, 1.165) is 0 Å². The first kappa shape index (κ1) is 14.7. The number of halogens is 3. The highest BCUT2D eigenvalue weighted by atomic mass is 19.4. The molecule has 1 saturated carbocycles. The molecule has 0 aliphatic heterocycles. The van der Waals surface area contributed by atoms with Gasteiger partial charge in [-0.2, -0.15) is 13.2 Å². The molecule has 0 heterocycles. The van der Waals surface area contributed by atoms with Crippen molar-refractivity contribution in [1.82, 2.24) is 4.90 Å². The van der Waals surface area contributed by atoms with Crippen molar-refractivity contribution >= 4 is 0 Å². The number of aliphatic hydroxyl groups excluding tert-OH is 1. The Balaban J connectivity index is 2.60. The number of hydrogen-bond donors (Lipinski definition) is 2. The Morgan fingerprint density at radius 2 is 2.12 bits per heavy atom. The summed E-state index contributed by atoms with van der Waals surface area (Å²) in [6.45, 7) is 1.24. The molecule has 102 valence electrons. The zero-order valence-electron chi connectivity index (χ0n) is 10.1. The first-order valence-electron chi connectivity index (χ1n) is 6.00. The quantitative estimate of drug-likeness (QED) is 0.781. The largest absolute Gasteiger partial charge is 0.401 e. The standard InChI is InChI=1S/C11H21F3N2O/c1-2-5-16(7-11(12,13)14)9-3-4-10(15,6-9)8-17/h9,17H,2-8,15H2,1H3. The van der Waals surface area contributed by atoms with E-state index in [-0.39, 0.29) is 12.6 Å². The number of aliphatic hydroxyl groups is 1. The van der Waals surface area contributed by atoms with E-state index in [1.54, 1.807) is 0 Å². The third kappa shape index (κ3) is 4.44. The van der Waals surface area contributed by atoms with Crippen LogP contribution in [-0.4, -0.2) is 47.5 Å². The van der Waals surface area contributed by atoms with Crippen LogP contribution < -0.4 is 5.73 Å². The third-order valence-electron chi connectivity index (χ3n) is 3.34. The van der Waals surface area contributed by atoms with Crippen molar-refractivity contribution < 1.29 is 18.3 Å². The fraction of sp³-hybridized carbons (Fsp3) is 1.00. The van der Waals surface area contributed by atoms with Crippen LogP contribution in [0.25, 0.3) is 0 Å². The first-order valence-corrected chi connectivity index (χ1v) is 6.00. The van der Waals surface area contributed by atoms with Gasteiger partial charge in [0.05, 0.1) is 13.2 Å². The maximum atomic E-state index is 12.4. The van der Waals surface area contributed by atoms with Gasteiger partial charge >= 0.3 is 6.18 Å². The summed E-state index contributed by atoms with van der Waals surface area (Å²) in [6.07, 6.45) is -1.82. The topological polar surface area (TPSA) is 49.5 Å². The maximum Gasteiger partial charge on any atom is 0.401 e. The van der Waals surface area contributed by atoms with Gasteiger partial charge in [-0.05, 0) is 32.2 Å². The first-order chi connectivity index (χ1) is 7.79. The molecule has 1 fully saturated rings. The van der Waals surface area contributed by atoms with E-state index in [0.29, 0.717) is 32.2 Å². The fourth-order valence-corrected chi connectivity index (χ4v) is 2.49. The average Bonchev–Trinajstić information content (AvgIpc) is 2.59. The van der Waals surface area contributed by atoms with Crippen LogP contribution in [-0.2, 0) is 0 Å². The molecule has 0 aromatic rings. The second-order valence-electron chi connectivity index (χ2n) is 5.00. The lowest BCUT2D eigenvalue weighted by Gasteiger charge is -2.30. The summed E-state index contributed by atoms with van der Waals surface area (Å²) in [6, 6.07) is -0.159. The summed E-state index contributed by atoms with van der Waals surface area (Å²) in [5, 5.41) is 9.12. The van der Waals surface area contributed by atoms with E-state index in [1.807, 2.05) is 6.92 Å². The summed E-state index contributed by atoms with van der Waals surface area (Å²) in [4.78, 5) is 1.45. The van der Waals surface area contributed by atoms with Crippen molar-refractivity contribution in [1.29, 1.82) is 0 Å². The summed E-state index contributed by atoms with van der Waals surface area (Å²) in [5.41, 5.74) is 5.20. The Bertz CT molecular complexity index is 247. The maximum absolute atomic E-state index is 12.4. The monoisotopic (exact) mass is 254 g/mol. The molecular weight excluding hydrogens is 233 g/mol. The van der Waals surface area contributed by atoms with Crippen LogP contribution in [0.3, 0.4) is 0 Å². The summed E-state index contributed by atoms with van der Waals surface area (Å²) in [7, 11) is 0. The van der Waals surface area contributed by atoms with Crippen molar-refractivity contribution in [2.75, 3.05) is 19.7 Å². The van der Waals surface area contributed by atoms with Gasteiger partial charge in [0, 0.05) is 11.6 Å². The Morgan fingerprint density at radius 3 is 2.53 bits per heavy atom. The Hall–Kier alpha value is -0.330. The zero-order valence-corrected chi connectivity index (χ0v) is 10.1. The van der Waals surface area contributed by atoms with Crippen LogP contribution in [0.4, 0.5) is 13.2 Å². The number of hydrogen-bond acceptors (Lipinski definition) is 3. The van der Waals surface area contributed by atoms with Crippen LogP contribution in [0.5, 0.6) is 0 Å². The normalized spacial score (nSPS) is 30.2. The lowest BCUT2D eigenvalue weighted by Crippen LogP contribution is -2.45. The van der Waals surface area contributed by atoms with Gasteiger partial charge in [-0.3, -0.25) is 4.90 Å². The smallest absolute Gasteiger partial charge is 0.394 e. The minimum absolute atomic E-state index is 0.157. The molecule has 17 heavy (non-hydrogen) atoms. The number of nitrogens with two attached hydrogens (primary N) is 1. The van der Waals surface area contributed by atoms with E-state index in [1.165, 1.54) is 4.90 Å². The van der Waals surface area contributed by atoms with Gasteiger partial charge in [0.15, 0.2) is 0 Å². The molecule has 0 bridgehead atoms. The predicted octanol–water partition coefficient (Wildman–Crippen LogP) is 1.50. The van der Waals surface area contributed by atoms with E-state index in [2.05, 4.69) is 0 Å². The van der Waals surface area contributed by atoms with Crippen molar-refractivity contribution in [3.63, 3.8) is 0 Å². The fourth-order valence-electron chi connectivity index (χ4n) is 2.49. The third-order valence-corrected chi connectivity index (χ3v) is 3.34. The molecule has 6 heteroatoms. The molecule has 0 radical (unpaired) electrons. The molecule has 1 aliphatic carbocycles. The number of alkyl halides is 3. The predicted molar refractivity (Wildman–Crippen MR) is 59.6 cm³/mol. The van der Waals surface area contributed by atoms with Gasteiger partial charge in [-0.15, -0.1) is 0 Å². The van der Waals surface area contributed by atoms with Crippen molar-refractivity contribution in [3.05, 3.63) is 0 Å². The molecule has 2 unspecified atom stereocenters. The SMILES string of the molecule is CCCN(CC(F)(F)F)C1CCC(N)(CO)C1. The highest BCUT2D eigenvalue weighted by molar-refractivity contribution is 4.97. The highest BCUT2D eigenvalue weighted by Gasteiger charge is 2.41. The minimum Gasteiger partial charge on any atom is -0.394 e. The lowest BCUT2D eigenvalue weighted by atomic mass is 10.0. The van der Waals surface area contributed by atoms with Crippen LogP contribution in [0, 0.1) is 0 Å². The van der Waals surface area contributed by atoms with Crippen LogP contribution in [0.1, 0.15) is 32.6 Å². The minimum atomic E-state index is -4.17. The molecule has 2 atom stereocenters. The second-order valence-corrected chi connectivity index (χ2v) is 5.00. The molecular formula is C11H21F3N2O. The zero-order chi connectivity index (χ0) is 13.1. The molecule has 3 nitrogen and oxygen atoms in total. The number of rotatable bonds is 5. The lowest BCUT2D eigenvalue weighted by molar-refractivity contribution is -0.150. The van der Waals surface area contributed by atoms with Crippen molar-refractivity contribution in [2.45, 2.75) is 50.4 Å². The van der Waals surface area contributed by atoms with E-state index in [4.69, 9.17) is 10.8 Å². The van der Waals surface area contributed by atoms with Gasteiger partial charge in [-0.25, -0.2) is 0 Å². The van der Waals surface area contributed by atoms with Gasteiger partial charge in [0.1, 0.15) is 0 Å². The highest BCUT2D eigenvalue weighted by Crippen LogP contribution is 2.32. The average molecular weight is 254 g/mol. The van der Waals surface area contributed by atoms with Crippen LogP contribution >= 0.6 is 0 Å². The molecule has 0 aromatic heterocycles. The molecule has 3 N–H and O–H groups in total. The van der Waals surface area contributed by atoms with Crippen LogP contribution in [0.15, 0.2) is 0 Å². The van der Waals surface area contributed by atoms with Gasteiger partial charge in [0.25, 0.3) is 0 Å². The Kier molecular flexibility index (Phi) is 4.80. The van der Waals surface area contributed by atoms with Gasteiger partial charge in [-0.1, -0.05) is 6.92 Å². The van der Waals surface area contributed by atoms with Crippen molar-refractivity contribution in [3.8, 4) is 0 Å². The Morgan fingerprint density at radius 1 is 1.47 bits per heavy atom.